The van der Waals surface area contributed by atoms with Crippen LogP contribution in [-0.2, 0) is 4.74 Å². The Balaban J connectivity index is 1.20. The molecule has 0 spiro atoms. The third-order valence-corrected chi connectivity index (χ3v) is 6.92. The maximum atomic E-state index is 13.4. The third-order valence-electron chi connectivity index (χ3n) is 6.92. The maximum absolute atomic E-state index is 13.4. The Morgan fingerprint density at radius 2 is 1.53 bits per heavy atom. The molecule has 0 unspecified atom stereocenters. The van der Waals surface area contributed by atoms with Crippen molar-refractivity contribution in [3.8, 4) is 0 Å². The van der Waals surface area contributed by atoms with Crippen LogP contribution >= 0.6 is 0 Å². The van der Waals surface area contributed by atoms with E-state index in [0.29, 0.717) is 33.9 Å². The van der Waals surface area contributed by atoms with Crippen LogP contribution < -0.4 is 10.5 Å². The number of carbonyl (C=O) groups is 1. The van der Waals surface area contributed by atoms with Crippen molar-refractivity contribution < 1.29 is 13.9 Å². The summed E-state index contributed by atoms with van der Waals surface area (Å²) >= 11 is 0. The first-order valence-corrected chi connectivity index (χ1v) is 12.0. The molecule has 7 nitrogen and oxygen atoms in total. The van der Waals surface area contributed by atoms with Crippen molar-refractivity contribution in [3.05, 3.63) is 89.0 Å². The number of carbonyl (C=O) groups excluding carboxylic acids is 1. The molecular formula is C28H25FN4O3. The minimum Gasteiger partial charge on any atom is -0.448 e. The molecule has 0 aliphatic carbocycles. The average molecular weight is 485 g/mol. The Kier molecular flexibility index (Phi) is 5.65. The van der Waals surface area contributed by atoms with Crippen LogP contribution in [-0.4, -0.2) is 59.9 Å². The lowest BCUT2D eigenvalue weighted by molar-refractivity contribution is 0.128. The first-order chi connectivity index (χ1) is 17.6. The number of benzene rings is 3. The van der Waals surface area contributed by atoms with E-state index in [9.17, 15) is 14.0 Å². The number of piperazine rings is 1. The van der Waals surface area contributed by atoms with Crippen molar-refractivity contribution in [3.63, 3.8) is 0 Å². The fourth-order valence-electron chi connectivity index (χ4n) is 5.09. The van der Waals surface area contributed by atoms with Gasteiger partial charge in [-0.15, -0.1) is 0 Å². The van der Waals surface area contributed by atoms with Crippen LogP contribution in [0.15, 0.2) is 77.6 Å². The number of pyridine rings is 1. The number of para-hydroxylation sites is 1. The van der Waals surface area contributed by atoms with Crippen molar-refractivity contribution in [2.24, 2.45) is 0 Å². The highest BCUT2D eigenvalue weighted by atomic mass is 19.1. The monoisotopic (exact) mass is 484 g/mol. The maximum Gasteiger partial charge on any atom is 0.419 e. The first-order valence-electron chi connectivity index (χ1n) is 12.0. The van der Waals surface area contributed by atoms with Crippen LogP contribution in [0, 0.1) is 5.82 Å². The second kappa shape index (κ2) is 9.13. The summed E-state index contributed by atoms with van der Waals surface area (Å²) in [5.74, 6) is -0.234. The van der Waals surface area contributed by atoms with Gasteiger partial charge in [-0.3, -0.25) is 9.69 Å². The van der Waals surface area contributed by atoms with Gasteiger partial charge in [0, 0.05) is 54.6 Å². The van der Waals surface area contributed by atoms with E-state index in [4.69, 9.17) is 4.74 Å². The summed E-state index contributed by atoms with van der Waals surface area (Å²) in [6, 6.07) is 21.4. The van der Waals surface area contributed by atoms with Gasteiger partial charge < -0.3 is 14.6 Å². The summed E-state index contributed by atoms with van der Waals surface area (Å²) in [7, 11) is 0. The molecular weight excluding hydrogens is 459 g/mol. The number of nitrogens with zero attached hydrogens (tertiary/aromatic N) is 3. The van der Waals surface area contributed by atoms with Crippen molar-refractivity contribution in [2.75, 3.05) is 44.2 Å². The number of aromatic nitrogens is 2. The van der Waals surface area contributed by atoms with Gasteiger partial charge in [0.15, 0.2) is 0 Å². The molecule has 0 bridgehead atoms. The number of fused-ring (bicyclic) bond motifs is 5. The van der Waals surface area contributed by atoms with Crippen LogP contribution in [0.25, 0.3) is 32.7 Å². The summed E-state index contributed by atoms with van der Waals surface area (Å²) < 4.78 is 20.5. The molecule has 5 aromatic rings. The molecule has 1 aliphatic rings. The molecule has 36 heavy (non-hydrogen) atoms. The number of H-pyrrole nitrogens is 1. The zero-order chi connectivity index (χ0) is 24.6. The number of anilines is 1. The number of hydrogen-bond acceptors (Lipinski definition) is 5. The summed E-state index contributed by atoms with van der Waals surface area (Å²) in [4.78, 5) is 33.5. The highest BCUT2D eigenvalue weighted by Gasteiger charge is 2.22. The fraction of sp³-hybridized carbons (Fsp3) is 0.214. The minimum absolute atomic E-state index is 0.186. The third kappa shape index (κ3) is 3.89. The van der Waals surface area contributed by atoms with E-state index in [2.05, 4.69) is 14.8 Å². The quantitative estimate of drug-likeness (QED) is 0.404. The van der Waals surface area contributed by atoms with E-state index >= 15 is 0 Å². The van der Waals surface area contributed by atoms with Crippen LogP contribution in [0.5, 0.6) is 0 Å². The number of rotatable bonds is 4. The van der Waals surface area contributed by atoms with Gasteiger partial charge in [0.05, 0.1) is 16.6 Å². The second-order valence-corrected chi connectivity index (χ2v) is 9.00. The molecule has 2 aromatic heterocycles. The molecule has 1 N–H and O–H groups in total. The Labute approximate surface area is 206 Å². The molecule has 182 valence electrons. The molecule has 0 amide bonds. The standard InChI is InChI=1S/C28H25FN4O3/c29-19-9-11-20(12-10-19)32-15-13-31(14-16-32)17-18-36-28(35)33-24-8-4-3-7-23(24)25-26(33)21-5-1-2-6-22(21)27(34)30-25/h1-12H,13-18H2,(H,30,34). The molecule has 8 heteroatoms. The largest absolute Gasteiger partial charge is 0.448 e. The predicted octanol–water partition coefficient (Wildman–Crippen LogP) is 4.58. The van der Waals surface area contributed by atoms with E-state index in [1.54, 1.807) is 22.8 Å². The zero-order valence-electron chi connectivity index (χ0n) is 19.6. The highest BCUT2D eigenvalue weighted by molar-refractivity contribution is 6.18. The van der Waals surface area contributed by atoms with Crippen molar-refractivity contribution in [1.82, 2.24) is 14.5 Å². The van der Waals surface area contributed by atoms with Gasteiger partial charge in [-0.25, -0.2) is 13.8 Å². The smallest absolute Gasteiger partial charge is 0.419 e. The Hall–Kier alpha value is -4.17. The van der Waals surface area contributed by atoms with Gasteiger partial charge in [0.25, 0.3) is 5.56 Å². The SMILES string of the molecule is O=C(OCCN1CCN(c2ccc(F)cc2)CC1)n1c2ccccc2c2[nH]c(=O)c3ccccc3c21. The second-order valence-electron chi connectivity index (χ2n) is 9.00. The van der Waals surface area contributed by atoms with E-state index < -0.39 is 6.09 Å². The first kappa shape index (κ1) is 22.3. The molecule has 6 rings (SSSR count). The molecule has 1 saturated heterocycles. The van der Waals surface area contributed by atoms with E-state index in [0.717, 1.165) is 37.3 Å². The Morgan fingerprint density at radius 1 is 0.861 bits per heavy atom. The molecule has 1 aliphatic heterocycles. The lowest BCUT2D eigenvalue weighted by Gasteiger charge is -2.35. The molecule has 3 heterocycles. The van der Waals surface area contributed by atoms with Gasteiger partial charge in [0.2, 0.25) is 0 Å². The van der Waals surface area contributed by atoms with E-state index in [1.807, 2.05) is 42.5 Å². The lowest BCUT2D eigenvalue weighted by Crippen LogP contribution is -2.47. The van der Waals surface area contributed by atoms with E-state index in [1.165, 1.54) is 12.1 Å². The van der Waals surface area contributed by atoms with Gasteiger partial charge in [-0.05, 0) is 36.4 Å². The zero-order valence-corrected chi connectivity index (χ0v) is 19.6. The summed E-state index contributed by atoms with van der Waals surface area (Å²) in [5.41, 5.74) is 2.79. The number of nitrogens with one attached hydrogen (secondary N) is 1. The van der Waals surface area contributed by atoms with Gasteiger partial charge in [-0.2, -0.15) is 0 Å². The number of aromatic amines is 1. The van der Waals surface area contributed by atoms with Crippen molar-refractivity contribution >= 4 is 44.5 Å². The summed E-state index contributed by atoms with van der Waals surface area (Å²) in [5, 5.41) is 2.03. The van der Waals surface area contributed by atoms with Crippen LogP contribution in [0.2, 0.25) is 0 Å². The van der Waals surface area contributed by atoms with Crippen LogP contribution in [0.4, 0.5) is 14.9 Å². The summed E-state index contributed by atoms with van der Waals surface area (Å²) in [6.07, 6.45) is -0.469. The number of hydrogen-bond donors (Lipinski definition) is 1. The lowest BCUT2D eigenvalue weighted by atomic mass is 10.1. The highest BCUT2D eigenvalue weighted by Crippen LogP contribution is 2.31. The van der Waals surface area contributed by atoms with Gasteiger partial charge >= 0.3 is 6.09 Å². The topological polar surface area (TPSA) is 70.6 Å². The van der Waals surface area contributed by atoms with E-state index in [-0.39, 0.29) is 18.0 Å². The molecule has 1 fully saturated rings. The summed E-state index contributed by atoms with van der Waals surface area (Å²) in [6.45, 7) is 4.19. The Morgan fingerprint density at radius 3 is 2.28 bits per heavy atom. The Bertz CT molecular complexity index is 1630. The van der Waals surface area contributed by atoms with Crippen LogP contribution in [0.3, 0.4) is 0 Å². The minimum atomic E-state index is -0.469. The number of ether oxygens (including phenoxy) is 1. The number of halogens is 1. The fourth-order valence-corrected chi connectivity index (χ4v) is 5.09. The molecule has 0 atom stereocenters. The van der Waals surface area contributed by atoms with Gasteiger partial charge in [-0.1, -0.05) is 36.4 Å². The molecule has 3 aromatic carbocycles. The average Bonchev–Trinajstić information content (AvgIpc) is 3.24. The molecule has 0 radical (unpaired) electrons. The normalized spacial score (nSPS) is 14.6. The van der Waals surface area contributed by atoms with Crippen LogP contribution in [0.1, 0.15) is 0 Å². The van der Waals surface area contributed by atoms with Crippen molar-refractivity contribution in [2.45, 2.75) is 0 Å². The van der Waals surface area contributed by atoms with Crippen molar-refractivity contribution in [1.29, 1.82) is 0 Å². The molecule has 0 saturated carbocycles. The van der Waals surface area contributed by atoms with Gasteiger partial charge in [0.1, 0.15) is 12.4 Å². The predicted molar refractivity (Wildman–Crippen MR) is 139 cm³/mol.